The van der Waals surface area contributed by atoms with Crippen LogP contribution < -0.4 is 0 Å². The first kappa shape index (κ1) is 11.0. The number of esters is 1. The number of hydrogen-bond donors (Lipinski definition) is 0. The Morgan fingerprint density at radius 3 is 2.55 bits per heavy atom. The van der Waals surface area contributed by atoms with Crippen molar-refractivity contribution >= 4 is 21.9 Å². The van der Waals surface area contributed by atoms with Crippen molar-refractivity contribution in [3.05, 3.63) is 0 Å². The standard InChI is InChI=1S/C8H15BrO2/c1-4-5-8(9)6(2)11-7(3)10/h6,8H,4-5H2,1-3H3. The van der Waals surface area contributed by atoms with Gasteiger partial charge in [-0.3, -0.25) is 4.79 Å². The highest BCUT2D eigenvalue weighted by atomic mass is 79.9. The van der Waals surface area contributed by atoms with E-state index in [1.165, 1.54) is 6.92 Å². The van der Waals surface area contributed by atoms with Gasteiger partial charge in [-0.1, -0.05) is 29.3 Å². The lowest BCUT2D eigenvalue weighted by atomic mass is 10.2. The number of alkyl halides is 1. The van der Waals surface area contributed by atoms with E-state index in [9.17, 15) is 4.79 Å². The van der Waals surface area contributed by atoms with Gasteiger partial charge in [0, 0.05) is 6.92 Å². The third-order valence-electron chi connectivity index (χ3n) is 1.43. The van der Waals surface area contributed by atoms with Crippen LogP contribution in [0.15, 0.2) is 0 Å². The first-order valence-corrected chi connectivity index (χ1v) is 4.80. The van der Waals surface area contributed by atoms with Crippen molar-refractivity contribution in [2.24, 2.45) is 0 Å². The van der Waals surface area contributed by atoms with E-state index in [2.05, 4.69) is 22.9 Å². The van der Waals surface area contributed by atoms with Crippen LogP contribution in [0.5, 0.6) is 0 Å². The van der Waals surface area contributed by atoms with Crippen molar-refractivity contribution in [1.29, 1.82) is 0 Å². The van der Waals surface area contributed by atoms with E-state index in [1.807, 2.05) is 6.92 Å². The molecule has 0 bridgehead atoms. The van der Waals surface area contributed by atoms with E-state index in [1.54, 1.807) is 0 Å². The van der Waals surface area contributed by atoms with Crippen LogP contribution in [-0.2, 0) is 9.53 Å². The molecule has 66 valence electrons. The van der Waals surface area contributed by atoms with Gasteiger partial charge in [0.2, 0.25) is 0 Å². The Morgan fingerprint density at radius 1 is 1.64 bits per heavy atom. The van der Waals surface area contributed by atoms with Crippen molar-refractivity contribution in [3.8, 4) is 0 Å². The highest BCUT2D eigenvalue weighted by Crippen LogP contribution is 2.14. The quantitative estimate of drug-likeness (QED) is 0.540. The topological polar surface area (TPSA) is 26.3 Å². The maximum absolute atomic E-state index is 10.5. The lowest BCUT2D eigenvalue weighted by Crippen LogP contribution is -2.22. The van der Waals surface area contributed by atoms with Crippen LogP contribution in [0.4, 0.5) is 0 Å². The number of halogens is 1. The van der Waals surface area contributed by atoms with Crippen LogP contribution in [0.25, 0.3) is 0 Å². The fraction of sp³-hybridized carbons (Fsp3) is 0.875. The normalized spacial score (nSPS) is 15.6. The van der Waals surface area contributed by atoms with Crippen molar-refractivity contribution in [3.63, 3.8) is 0 Å². The van der Waals surface area contributed by atoms with E-state index < -0.39 is 0 Å². The minimum atomic E-state index is -0.210. The molecule has 0 rings (SSSR count). The summed E-state index contributed by atoms with van der Waals surface area (Å²) < 4.78 is 4.98. The molecule has 0 radical (unpaired) electrons. The number of rotatable bonds is 4. The molecule has 0 aromatic heterocycles. The molecule has 0 aliphatic carbocycles. The highest BCUT2D eigenvalue weighted by Gasteiger charge is 2.14. The number of carbonyl (C=O) groups excluding carboxylic acids is 1. The average Bonchev–Trinajstić information content (AvgIpc) is 1.86. The van der Waals surface area contributed by atoms with Gasteiger partial charge in [0.15, 0.2) is 0 Å². The zero-order valence-corrected chi connectivity index (χ0v) is 8.85. The van der Waals surface area contributed by atoms with E-state index in [-0.39, 0.29) is 16.9 Å². The average molecular weight is 223 g/mol. The van der Waals surface area contributed by atoms with Crippen molar-refractivity contribution < 1.29 is 9.53 Å². The molecule has 0 N–H and O–H groups in total. The summed E-state index contributed by atoms with van der Waals surface area (Å²) in [5.41, 5.74) is 0. The van der Waals surface area contributed by atoms with Crippen LogP contribution in [0, 0.1) is 0 Å². The van der Waals surface area contributed by atoms with Crippen molar-refractivity contribution in [2.45, 2.75) is 44.5 Å². The summed E-state index contributed by atoms with van der Waals surface area (Å²) in [6.07, 6.45) is 2.11. The Morgan fingerprint density at radius 2 is 2.18 bits per heavy atom. The molecule has 0 aliphatic rings. The molecule has 2 unspecified atom stereocenters. The van der Waals surface area contributed by atoms with Crippen LogP contribution in [0.3, 0.4) is 0 Å². The summed E-state index contributed by atoms with van der Waals surface area (Å²) in [5.74, 6) is -0.210. The fourth-order valence-electron chi connectivity index (χ4n) is 0.846. The van der Waals surface area contributed by atoms with Gasteiger partial charge in [-0.05, 0) is 13.3 Å². The Bertz CT molecular complexity index is 125. The van der Waals surface area contributed by atoms with Gasteiger partial charge in [-0.15, -0.1) is 0 Å². The van der Waals surface area contributed by atoms with Crippen LogP contribution in [-0.4, -0.2) is 16.9 Å². The second-order valence-electron chi connectivity index (χ2n) is 2.62. The molecule has 0 aromatic rings. The van der Waals surface area contributed by atoms with Gasteiger partial charge >= 0.3 is 5.97 Å². The predicted octanol–water partition coefficient (Wildman–Crippen LogP) is 2.50. The molecule has 0 spiro atoms. The van der Waals surface area contributed by atoms with Gasteiger partial charge in [0.1, 0.15) is 6.10 Å². The summed E-state index contributed by atoms with van der Waals surface area (Å²) >= 11 is 3.45. The lowest BCUT2D eigenvalue weighted by Gasteiger charge is -2.16. The van der Waals surface area contributed by atoms with Gasteiger partial charge < -0.3 is 4.74 Å². The summed E-state index contributed by atoms with van der Waals surface area (Å²) in [6, 6.07) is 0. The van der Waals surface area contributed by atoms with Crippen molar-refractivity contribution in [2.75, 3.05) is 0 Å². The minimum absolute atomic E-state index is 0.0209. The molecule has 3 heteroatoms. The third-order valence-corrected chi connectivity index (χ3v) is 2.63. The maximum atomic E-state index is 10.5. The predicted molar refractivity (Wildman–Crippen MR) is 48.9 cm³/mol. The molecular weight excluding hydrogens is 208 g/mol. The summed E-state index contributed by atoms with van der Waals surface area (Å²) in [5, 5.41) is 0. The Balaban J connectivity index is 3.63. The zero-order chi connectivity index (χ0) is 8.85. The number of ether oxygens (including phenoxy) is 1. The molecule has 0 aliphatic heterocycles. The minimum Gasteiger partial charge on any atom is -0.462 e. The Hall–Kier alpha value is -0.0500. The lowest BCUT2D eigenvalue weighted by molar-refractivity contribution is -0.145. The van der Waals surface area contributed by atoms with Gasteiger partial charge in [-0.2, -0.15) is 0 Å². The maximum Gasteiger partial charge on any atom is 0.302 e. The SMILES string of the molecule is CCCC(Br)C(C)OC(C)=O. The number of hydrogen-bond acceptors (Lipinski definition) is 2. The molecule has 0 saturated heterocycles. The molecule has 0 fully saturated rings. The van der Waals surface area contributed by atoms with Gasteiger partial charge in [0.25, 0.3) is 0 Å². The summed E-state index contributed by atoms with van der Waals surface area (Å²) in [4.78, 5) is 10.8. The van der Waals surface area contributed by atoms with E-state index in [4.69, 9.17) is 4.74 Å². The van der Waals surface area contributed by atoms with E-state index in [0.717, 1.165) is 12.8 Å². The Kier molecular flexibility index (Phi) is 5.56. The third kappa shape index (κ3) is 5.24. The Labute approximate surface area is 76.4 Å². The first-order chi connectivity index (χ1) is 5.07. The van der Waals surface area contributed by atoms with Crippen molar-refractivity contribution in [1.82, 2.24) is 0 Å². The molecule has 11 heavy (non-hydrogen) atoms. The molecule has 2 atom stereocenters. The van der Waals surface area contributed by atoms with E-state index in [0.29, 0.717) is 0 Å². The highest BCUT2D eigenvalue weighted by molar-refractivity contribution is 9.09. The second-order valence-corrected chi connectivity index (χ2v) is 3.80. The molecule has 0 saturated carbocycles. The largest absolute Gasteiger partial charge is 0.462 e. The smallest absolute Gasteiger partial charge is 0.302 e. The van der Waals surface area contributed by atoms with Gasteiger partial charge in [0.05, 0.1) is 4.83 Å². The van der Waals surface area contributed by atoms with Crippen LogP contribution in [0.1, 0.15) is 33.6 Å². The fourth-order valence-corrected chi connectivity index (χ4v) is 1.41. The monoisotopic (exact) mass is 222 g/mol. The second kappa shape index (κ2) is 5.58. The summed E-state index contributed by atoms with van der Waals surface area (Å²) in [7, 11) is 0. The van der Waals surface area contributed by atoms with Crippen LogP contribution >= 0.6 is 15.9 Å². The van der Waals surface area contributed by atoms with Crippen LogP contribution in [0.2, 0.25) is 0 Å². The molecule has 0 aromatic carbocycles. The first-order valence-electron chi connectivity index (χ1n) is 3.89. The summed E-state index contributed by atoms with van der Waals surface area (Å²) in [6.45, 7) is 5.44. The molecule has 0 heterocycles. The molecule has 2 nitrogen and oxygen atoms in total. The number of carbonyl (C=O) groups is 1. The molecular formula is C8H15BrO2. The van der Waals surface area contributed by atoms with E-state index >= 15 is 0 Å². The zero-order valence-electron chi connectivity index (χ0n) is 7.26. The molecule has 0 amide bonds. The van der Waals surface area contributed by atoms with Gasteiger partial charge in [-0.25, -0.2) is 0 Å².